The second-order valence-corrected chi connectivity index (χ2v) is 6.43. The van der Waals surface area contributed by atoms with Crippen LogP contribution in [0.4, 0.5) is 4.39 Å². The third-order valence-electron chi connectivity index (χ3n) is 4.88. The number of alkyl halides is 1. The fourth-order valence-corrected chi connectivity index (χ4v) is 3.46. The molecule has 4 atom stereocenters. The van der Waals surface area contributed by atoms with E-state index in [1.807, 2.05) is 0 Å². The van der Waals surface area contributed by atoms with Gasteiger partial charge in [0.1, 0.15) is 25.0 Å². The maximum Gasteiger partial charge on any atom is 0.113 e. The van der Waals surface area contributed by atoms with Gasteiger partial charge in [0.05, 0.1) is 6.04 Å². The standard InChI is InChI=1S/C16H28FNO3/c17-10-12-9-13(15(20)16(21)14(12)19)18-8-7-11-5-3-1-2-4-6-11/h9,11,13-16,18-21H,1-8,10H2/t13-,14+,15+,16+/m1/s1. The van der Waals surface area contributed by atoms with Crippen LogP contribution in [0, 0.1) is 5.92 Å². The van der Waals surface area contributed by atoms with Crippen LogP contribution in [0.5, 0.6) is 0 Å². The lowest BCUT2D eigenvalue weighted by molar-refractivity contribution is -0.0629. The summed E-state index contributed by atoms with van der Waals surface area (Å²) in [6.07, 6.45) is 6.64. The van der Waals surface area contributed by atoms with Crippen LogP contribution in [-0.4, -0.2) is 52.9 Å². The van der Waals surface area contributed by atoms with Crippen LogP contribution in [0.25, 0.3) is 0 Å². The van der Waals surface area contributed by atoms with Crippen molar-refractivity contribution < 1.29 is 19.7 Å². The summed E-state index contributed by atoms with van der Waals surface area (Å²) in [4.78, 5) is 0. The van der Waals surface area contributed by atoms with Gasteiger partial charge in [-0.2, -0.15) is 0 Å². The van der Waals surface area contributed by atoms with Crippen LogP contribution in [0.15, 0.2) is 11.6 Å². The highest BCUT2D eigenvalue weighted by molar-refractivity contribution is 5.21. The van der Waals surface area contributed by atoms with E-state index in [1.54, 1.807) is 0 Å². The predicted octanol–water partition coefficient (Wildman–Crippen LogP) is 1.30. The molecule has 0 amide bonds. The van der Waals surface area contributed by atoms with E-state index in [9.17, 15) is 19.7 Å². The van der Waals surface area contributed by atoms with Crippen molar-refractivity contribution in [1.29, 1.82) is 0 Å². The van der Waals surface area contributed by atoms with Crippen molar-refractivity contribution in [2.45, 2.75) is 69.3 Å². The zero-order valence-corrected chi connectivity index (χ0v) is 12.5. The van der Waals surface area contributed by atoms with Crippen LogP contribution >= 0.6 is 0 Å². The molecule has 0 spiro atoms. The third-order valence-corrected chi connectivity index (χ3v) is 4.88. The Labute approximate surface area is 126 Å². The lowest BCUT2D eigenvalue weighted by atomic mass is 9.88. The smallest absolute Gasteiger partial charge is 0.113 e. The lowest BCUT2D eigenvalue weighted by Gasteiger charge is -2.34. The molecule has 2 aliphatic carbocycles. The fraction of sp³-hybridized carbons (Fsp3) is 0.875. The van der Waals surface area contributed by atoms with Gasteiger partial charge < -0.3 is 20.6 Å². The van der Waals surface area contributed by atoms with Crippen molar-refractivity contribution in [2.24, 2.45) is 5.92 Å². The van der Waals surface area contributed by atoms with Gasteiger partial charge in [-0.25, -0.2) is 4.39 Å². The van der Waals surface area contributed by atoms with Gasteiger partial charge in [0.2, 0.25) is 0 Å². The topological polar surface area (TPSA) is 72.7 Å². The van der Waals surface area contributed by atoms with Gasteiger partial charge in [0.15, 0.2) is 0 Å². The molecular formula is C16H28FNO3. The Morgan fingerprint density at radius 2 is 1.71 bits per heavy atom. The van der Waals surface area contributed by atoms with Crippen molar-refractivity contribution in [2.75, 3.05) is 13.2 Å². The summed E-state index contributed by atoms with van der Waals surface area (Å²) >= 11 is 0. The molecule has 21 heavy (non-hydrogen) atoms. The first-order valence-corrected chi connectivity index (χ1v) is 8.17. The monoisotopic (exact) mass is 301 g/mol. The minimum absolute atomic E-state index is 0.153. The van der Waals surface area contributed by atoms with Crippen LogP contribution in [0.3, 0.4) is 0 Å². The highest BCUT2D eigenvalue weighted by Gasteiger charge is 2.36. The van der Waals surface area contributed by atoms with E-state index in [2.05, 4.69) is 5.32 Å². The number of hydrogen-bond acceptors (Lipinski definition) is 4. The second-order valence-electron chi connectivity index (χ2n) is 6.43. The normalized spacial score (nSPS) is 35.3. The number of aliphatic hydroxyl groups is 3. The van der Waals surface area contributed by atoms with E-state index in [4.69, 9.17) is 0 Å². The first kappa shape index (κ1) is 16.9. The Balaban J connectivity index is 1.82. The molecule has 0 aromatic rings. The molecule has 122 valence electrons. The van der Waals surface area contributed by atoms with Crippen LogP contribution in [-0.2, 0) is 0 Å². The number of hydrogen-bond donors (Lipinski definition) is 4. The van der Waals surface area contributed by atoms with E-state index in [0.29, 0.717) is 0 Å². The van der Waals surface area contributed by atoms with Gasteiger partial charge in [0, 0.05) is 0 Å². The summed E-state index contributed by atoms with van der Waals surface area (Å²) in [7, 11) is 0. The van der Waals surface area contributed by atoms with E-state index in [1.165, 1.54) is 44.6 Å². The van der Waals surface area contributed by atoms with Gasteiger partial charge in [-0.1, -0.05) is 44.6 Å². The van der Waals surface area contributed by atoms with Crippen LogP contribution in [0.2, 0.25) is 0 Å². The summed E-state index contributed by atoms with van der Waals surface area (Å²) in [6.45, 7) is -0.0585. The number of halogens is 1. The summed E-state index contributed by atoms with van der Waals surface area (Å²) in [5, 5.41) is 32.5. The number of nitrogens with one attached hydrogen (secondary N) is 1. The predicted molar refractivity (Wildman–Crippen MR) is 79.7 cm³/mol. The molecule has 1 saturated carbocycles. The third kappa shape index (κ3) is 4.49. The molecule has 4 nitrogen and oxygen atoms in total. The molecule has 5 heteroatoms. The summed E-state index contributed by atoms with van der Waals surface area (Å²) in [5.41, 5.74) is 0.153. The highest BCUT2D eigenvalue weighted by atomic mass is 19.1. The molecule has 0 saturated heterocycles. The summed E-state index contributed by atoms with van der Waals surface area (Å²) in [6, 6.07) is -0.486. The molecule has 0 radical (unpaired) electrons. The molecule has 4 N–H and O–H groups in total. The molecule has 0 bridgehead atoms. The minimum Gasteiger partial charge on any atom is -0.388 e. The van der Waals surface area contributed by atoms with E-state index < -0.39 is 31.0 Å². The van der Waals surface area contributed by atoms with Crippen LogP contribution in [0.1, 0.15) is 44.9 Å². The maximum atomic E-state index is 12.8. The Morgan fingerprint density at radius 1 is 1.05 bits per heavy atom. The Morgan fingerprint density at radius 3 is 2.33 bits per heavy atom. The highest BCUT2D eigenvalue weighted by Crippen LogP contribution is 2.25. The molecule has 0 unspecified atom stereocenters. The van der Waals surface area contributed by atoms with Gasteiger partial charge in [-0.15, -0.1) is 0 Å². The van der Waals surface area contributed by atoms with E-state index in [-0.39, 0.29) is 5.57 Å². The Bertz CT molecular complexity index is 342. The Kier molecular flexibility index (Phi) is 6.61. The Hall–Kier alpha value is -0.490. The van der Waals surface area contributed by atoms with Gasteiger partial charge in [-0.3, -0.25) is 0 Å². The minimum atomic E-state index is -1.32. The van der Waals surface area contributed by atoms with Crippen molar-refractivity contribution in [3.05, 3.63) is 11.6 Å². The fourth-order valence-electron chi connectivity index (χ4n) is 3.46. The van der Waals surface area contributed by atoms with Crippen molar-refractivity contribution in [3.63, 3.8) is 0 Å². The summed E-state index contributed by atoms with van der Waals surface area (Å²) < 4.78 is 12.8. The average molecular weight is 301 g/mol. The SMILES string of the molecule is O[C@@H]1[C@@H](O)[C@@H](O)C(CF)=C[C@H]1NCCC1CCCCCC1. The second kappa shape index (κ2) is 8.22. The first-order valence-electron chi connectivity index (χ1n) is 8.17. The maximum absolute atomic E-state index is 12.8. The molecule has 1 fully saturated rings. The molecule has 0 heterocycles. The molecule has 2 aliphatic rings. The van der Waals surface area contributed by atoms with Crippen LogP contribution < -0.4 is 5.32 Å². The molecule has 0 aromatic carbocycles. The number of rotatable bonds is 5. The molecule has 2 rings (SSSR count). The lowest BCUT2D eigenvalue weighted by Crippen LogP contribution is -2.54. The molecular weight excluding hydrogens is 273 g/mol. The van der Waals surface area contributed by atoms with Gasteiger partial charge in [0.25, 0.3) is 0 Å². The van der Waals surface area contributed by atoms with E-state index >= 15 is 0 Å². The van der Waals surface area contributed by atoms with Crippen molar-refractivity contribution >= 4 is 0 Å². The number of aliphatic hydroxyl groups excluding tert-OH is 3. The summed E-state index contributed by atoms with van der Waals surface area (Å²) in [5.74, 6) is 0.723. The molecule has 0 aromatic heterocycles. The zero-order valence-electron chi connectivity index (χ0n) is 12.5. The quantitative estimate of drug-likeness (QED) is 0.456. The average Bonchev–Trinajstić information content (AvgIpc) is 2.76. The van der Waals surface area contributed by atoms with E-state index in [0.717, 1.165) is 18.9 Å². The van der Waals surface area contributed by atoms with Gasteiger partial charge >= 0.3 is 0 Å². The first-order chi connectivity index (χ1) is 10.1. The van der Waals surface area contributed by atoms with Crippen molar-refractivity contribution in [1.82, 2.24) is 5.32 Å². The largest absolute Gasteiger partial charge is 0.388 e. The van der Waals surface area contributed by atoms with Crippen molar-refractivity contribution in [3.8, 4) is 0 Å². The molecule has 0 aliphatic heterocycles. The van der Waals surface area contributed by atoms with Gasteiger partial charge in [-0.05, 0) is 24.5 Å². The zero-order chi connectivity index (χ0) is 15.2.